The first-order valence-corrected chi connectivity index (χ1v) is 6.82. The summed E-state index contributed by atoms with van der Waals surface area (Å²) < 4.78 is 1.63. The molecule has 0 atom stereocenters. The Morgan fingerprint density at radius 1 is 1.26 bits per heavy atom. The number of fused-ring (bicyclic) bond motifs is 1. The summed E-state index contributed by atoms with van der Waals surface area (Å²) in [6.45, 7) is 0.308. The van der Waals surface area contributed by atoms with E-state index in [2.05, 4.69) is 20.5 Å². The Kier molecular flexibility index (Phi) is 3.88. The molecule has 8 heteroatoms. The number of carbonyl (C=O) groups excluding carboxylic acids is 1. The number of amides is 2. The lowest BCUT2D eigenvalue weighted by Crippen LogP contribution is -2.07. The average Bonchev–Trinajstić information content (AvgIpc) is 2.83. The van der Waals surface area contributed by atoms with E-state index in [9.17, 15) is 9.90 Å². The third-order valence-electron chi connectivity index (χ3n) is 3.29. The number of aromatic hydroxyl groups is 1. The Labute approximate surface area is 131 Å². The summed E-state index contributed by atoms with van der Waals surface area (Å²) >= 11 is 0. The lowest BCUT2D eigenvalue weighted by molar-refractivity contribution is 0.255. The molecule has 0 aliphatic heterocycles. The van der Waals surface area contributed by atoms with Gasteiger partial charge in [-0.25, -0.2) is 4.79 Å². The van der Waals surface area contributed by atoms with E-state index in [4.69, 9.17) is 5.73 Å². The Bertz CT molecular complexity index is 872. The quantitative estimate of drug-likeness (QED) is 0.642. The van der Waals surface area contributed by atoms with Gasteiger partial charge in [0.15, 0.2) is 5.69 Å². The first-order chi connectivity index (χ1) is 11.2. The van der Waals surface area contributed by atoms with Crippen LogP contribution in [0.25, 0.3) is 10.9 Å². The zero-order valence-corrected chi connectivity index (χ0v) is 12.0. The van der Waals surface area contributed by atoms with Crippen molar-refractivity contribution in [3.63, 3.8) is 0 Å². The molecular weight excluding hydrogens is 296 g/mol. The number of benzene rings is 1. The van der Waals surface area contributed by atoms with E-state index in [0.29, 0.717) is 12.1 Å². The molecule has 3 aromatic rings. The molecule has 0 radical (unpaired) electrons. The van der Waals surface area contributed by atoms with Crippen LogP contribution in [0.2, 0.25) is 0 Å². The maximum absolute atomic E-state index is 10.8. The Balaban J connectivity index is 1.99. The molecule has 0 spiro atoms. The Hall–Kier alpha value is -3.42. The summed E-state index contributed by atoms with van der Waals surface area (Å²) in [5.41, 5.74) is 6.79. The SMILES string of the molecule is NC(=O)N=Nc1c(O)n(CNc2ccncc2)c2ccccc12. The van der Waals surface area contributed by atoms with Gasteiger partial charge in [0.25, 0.3) is 0 Å². The van der Waals surface area contributed by atoms with Gasteiger partial charge in [-0.3, -0.25) is 9.55 Å². The molecule has 23 heavy (non-hydrogen) atoms. The normalized spacial score (nSPS) is 11.1. The first kappa shape index (κ1) is 14.5. The number of rotatable bonds is 4. The predicted octanol–water partition coefficient (Wildman–Crippen LogP) is 2.97. The van der Waals surface area contributed by atoms with Crippen LogP contribution >= 0.6 is 0 Å². The van der Waals surface area contributed by atoms with Gasteiger partial charge in [0.1, 0.15) is 0 Å². The van der Waals surface area contributed by atoms with E-state index >= 15 is 0 Å². The number of hydrogen-bond donors (Lipinski definition) is 3. The third-order valence-corrected chi connectivity index (χ3v) is 3.29. The van der Waals surface area contributed by atoms with Crippen LogP contribution < -0.4 is 11.1 Å². The van der Waals surface area contributed by atoms with E-state index in [-0.39, 0.29) is 11.6 Å². The molecule has 3 rings (SSSR count). The topological polar surface area (TPSA) is 118 Å². The highest BCUT2D eigenvalue weighted by Crippen LogP contribution is 2.38. The van der Waals surface area contributed by atoms with Crippen LogP contribution in [0.3, 0.4) is 0 Å². The lowest BCUT2D eigenvalue weighted by Gasteiger charge is -2.09. The van der Waals surface area contributed by atoms with E-state index in [1.807, 2.05) is 30.3 Å². The summed E-state index contributed by atoms with van der Waals surface area (Å²) in [5, 5.41) is 21.3. The molecule has 0 aliphatic carbocycles. The molecule has 2 amide bonds. The van der Waals surface area contributed by atoms with Gasteiger partial charge < -0.3 is 16.2 Å². The minimum atomic E-state index is -0.920. The number of aromatic nitrogens is 2. The summed E-state index contributed by atoms with van der Waals surface area (Å²) in [7, 11) is 0. The number of azo groups is 1. The number of pyridine rings is 1. The molecule has 0 fully saturated rings. The standard InChI is InChI=1S/C15H14N6O2/c16-15(23)20-19-13-11-3-1-2-4-12(11)21(14(13)22)9-18-10-5-7-17-8-6-10/h1-8,22H,9H2,(H2,16,23)(H,17,18). The lowest BCUT2D eigenvalue weighted by atomic mass is 10.2. The van der Waals surface area contributed by atoms with Crippen LogP contribution in [0, 0.1) is 0 Å². The maximum Gasteiger partial charge on any atom is 0.356 e. The molecule has 0 saturated heterocycles. The zero-order valence-electron chi connectivity index (χ0n) is 12.0. The summed E-state index contributed by atoms with van der Waals surface area (Å²) in [5.74, 6) is -0.0993. The molecule has 0 aliphatic rings. The highest BCUT2D eigenvalue weighted by molar-refractivity contribution is 5.95. The third kappa shape index (κ3) is 2.95. The number of urea groups is 1. The monoisotopic (exact) mass is 310 g/mol. The minimum absolute atomic E-state index is 0.0993. The van der Waals surface area contributed by atoms with Crippen LogP contribution in [0.1, 0.15) is 0 Å². The van der Waals surface area contributed by atoms with Gasteiger partial charge in [-0.15, -0.1) is 5.11 Å². The van der Waals surface area contributed by atoms with Crippen LogP contribution in [0.15, 0.2) is 59.0 Å². The fraction of sp³-hybridized carbons (Fsp3) is 0.0667. The Morgan fingerprint density at radius 2 is 2.00 bits per heavy atom. The molecule has 0 saturated carbocycles. The summed E-state index contributed by atoms with van der Waals surface area (Å²) in [6, 6.07) is 9.99. The van der Waals surface area contributed by atoms with Crippen molar-refractivity contribution in [3.8, 4) is 5.88 Å². The average molecular weight is 310 g/mol. The second-order valence-electron chi connectivity index (χ2n) is 4.73. The fourth-order valence-electron chi connectivity index (χ4n) is 2.27. The molecule has 2 aromatic heterocycles. The first-order valence-electron chi connectivity index (χ1n) is 6.82. The van der Waals surface area contributed by atoms with Crippen LogP contribution in [0.4, 0.5) is 16.2 Å². The van der Waals surface area contributed by atoms with Gasteiger partial charge in [-0.2, -0.15) is 0 Å². The molecular formula is C15H14N6O2. The number of primary amides is 1. The van der Waals surface area contributed by atoms with E-state index in [0.717, 1.165) is 11.2 Å². The van der Waals surface area contributed by atoms with Crippen molar-refractivity contribution in [1.82, 2.24) is 9.55 Å². The highest BCUT2D eigenvalue weighted by Gasteiger charge is 2.16. The van der Waals surface area contributed by atoms with Gasteiger partial charge in [-0.05, 0) is 18.2 Å². The number of nitrogens with zero attached hydrogens (tertiary/aromatic N) is 4. The molecule has 116 valence electrons. The van der Waals surface area contributed by atoms with Crippen LogP contribution in [-0.2, 0) is 6.67 Å². The second-order valence-corrected chi connectivity index (χ2v) is 4.73. The van der Waals surface area contributed by atoms with E-state index < -0.39 is 6.03 Å². The molecule has 8 nitrogen and oxygen atoms in total. The van der Waals surface area contributed by atoms with E-state index in [1.165, 1.54) is 0 Å². The van der Waals surface area contributed by atoms with Gasteiger partial charge >= 0.3 is 6.03 Å². The number of nitrogens with two attached hydrogens (primary N) is 1. The van der Waals surface area contributed by atoms with Crippen molar-refractivity contribution in [2.75, 3.05) is 5.32 Å². The molecule has 0 unspecified atom stereocenters. The molecule has 1 aromatic carbocycles. The van der Waals surface area contributed by atoms with Crippen molar-refractivity contribution in [2.24, 2.45) is 16.0 Å². The number of nitrogens with one attached hydrogen (secondary N) is 1. The minimum Gasteiger partial charge on any atom is -0.493 e. The second kappa shape index (κ2) is 6.14. The molecule has 2 heterocycles. The summed E-state index contributed by atoms with van der Waals surface area (Å²) in [6.07, 6.45) is 3.34. The largest absolute Gasteiger partial charge is 0.493 e. The number of anilines is 1. The van der Waals surface area contributed by atoms with Gasteiger partial charge in [0.2, 0.25) is 5.88 Å². The van der Waals surface area contributed by atoms with Crippen molar-refractivity contribution < 1.29 is 9.90 Å². The van der Waals surface area contributed by atoms with Crippen molar-refractivity contribution in [3.05, 3.63) is 48.8 Å². The smallest absolute Gasteiger partial charge is 0.356 e. The number of para-hydroxylation sites is 1. The number of hydrogen-bond acceptors (Lipinski definition) is 5. The zero-order chi connectivity index (χ0) is 16.2. The molecule has 4 N–H and O–H groups in total. The summed E-state index contributed by atoms with van der Waals surface area (Å²) in [4.78, 5) is 14.7. The predicted molar refractivity (Wildman–Crippen MR) is 85.6 cm³/mol. The Morgan fingerprint density at radius 3 is 2.74 bits per heavy atom. The van der Waals surface area contributed by atoms with Crippen molar-refractivity contribution in [2.45, 2.75) is 6.67 Å². The fourth-order valence-corrected chi connectivity index (χ4v) is 2.27. The van der Waals surface area contributed by atoms with Gasteiger partial charge in [0, 0.05) is 23.5 Å². The van der Waals surface area contributed by atoms with Crippen LogP contribution in [0.5, 0.6) is 5.88 Å². The van der Waals surface area contributed by atoms with E-state index in [1.54, 1.807) is 23.0 Å². The highest BCUT2D eigenvalue weighted by atomic mass is 16.3. The maximum atomic E-state index is 10.8. The van der Waals surface area contributed by atoms with Gasteiger partial charge in [0.05, 0.1) is 12.2 Å². The van der Waals surface area contributed by atoms with Crippen molar-refractivity contribution in [1.29, 1.82) is 0 Å². The van der Waals surface area contributed by atoms with Crippen molar-refractivity contribution >= 4 is 28.3 Å². The number of carbonyl (C=O) groups is 1. The molecule has 0 bridgehead atoms. The van der Waals surface area contributed by atoms with Crippen LogP contribution in [-0.4, -0.2) is 20.7 Å². The van der Waals surface area contributed by atoms with Gasteiger partial charge in [-0.1, -0.05) is 23.3 Å².